The lowest BCUT2D eigenvalue weighted by Crippen LogP contribution is -2.51. The van der Waals surface area contributed by atoms with Crippen molar-refractivity contribution in [3.63, 3.8) is 0 Å². The average Bonchev–Trinajstić information content (AvgIpc) is 2.80. The Kier molecular flexibility index (Phi) is 7.27. The smallest absolute Gasteiger partial charge is 0.227 e. The number of rotatable bonds is 5. The van der Waals surface area contributed by atoms with E-state index in [1.54, 1.807) is 6.07 Å². The van der Waals surface area contributed by atoms with Gasteiger partial charge in [0.2, 0.25) is 5.91 Å². The second kappa shape index (κ2) is 10.1. The van der Waals surface area contributed by atoms with E-state index >= 15 is 0 Å². The molecule has 0 aliphatic carbocycles. The first-order chi connectivity index (χ1) is 15.4. The van der Waals surface area contributed by atoms with Crippen molar-refractivity contribution < 1.29 is 9.90 Å². The van der Waals surface area contributed by atoms with Crippen LogP contribution in [-0.4, -0.2) is 35.5 Å². The van der Waals surface area contributed by atoms with Gasteiger partial charge in [0.1, 0.15) is 0 Å². The summed E-state index contributed by atoms with van der Waals surface area (Å²) in [5, 5.41) is 11.1. The molecule has 1 atom stereocenters. The molecule has 1 unspecified atom stereocenters. The van der Waals surface area contributed by atoms with Crippen molar-refractivity contribution in [2.75, 3.05) is 24.5 Å². The molecule has 0 saturated carbocycles. The van der Waals surface area contributed by atoms with Crippen LogP contribution in [0.1, 0.15) is 22.7 Å². The number of halogens is 3. The molecule has 0 bridgehead atoms. The third-order valence-electron chi connectivity index (χ3n) is 5.77. The van der Waals surface area contributed by atoms with E-state index in [0.717, 1.165) is 22.4 Å². The van der Waals surface area contributed by atoms with Crippen molar-refractivity contribution in [2.45, 2.75) is 19.1 Å². The monoisotopic (exact) mass is 488 g/mol. The van der Waals surface area contributed by atoms with Gasteiger partial charge in [0.25, 0.3) is 0 Å². The molecule has 0 aromatic heterocycles. The van der Waals surface area contributed by atoms with Gasteiger partial charge < -0.3 is 14.9 Å². The minimum absolute atomic E-state index is 0.00772. The van der Waals surface area contributed by atoms with Crippen LogP contribution in [0.4, 0.5) is 5.69 Å². The molecular weight excluding hydrogens is 467 g/mol. The number of hydrogen-bond acceptors (Lipinski definition) is 3. The Morgan fingerprint density at radius 1 is 0.875 bits per heavy atom. The molecular formula is C25H23Cl3N2O2. The Bertz CT molecular complexity index is 1090. The van der Waals surface area contributed by atoms with Gasteiger partial charge in [-0.25, -0.2) is 0 Å². The fraction of sp³-hybridized carbons (Fsp3) is 0.240. The van der Waals surface area contributed by atoms with Crippen LogP contribution in [0.5, 0.6) is 0 Å². The summed E-state index contributed by atoms with van der Waals surface area (Å²) in [7, 11) is 0. The molecule has 166 valence electrons. The highest BCUT2D eigenvalue weighted by Gasteiger charge is 2.31. The van der Waals surface area contributed by atoms with Crippen LogP contribution < -0.4 is 4.90 Å². The quantitative estimate of drug-likeness (QED) is 0.495. The Labute approximate surface area is 202 Å². The minimum atomic E-state index is -0.0691. The second-order valence-corrected chi connectivity index (χ2v) is 9.13. The van der Waals surface area contributed by atoms with Gasteiger partial charge in [-0.15, -0.1) is 0 Å². The number of anilines is 1. The Morgan fingerprint density at radius 2 is 1.53 bits per heavy atom. The molecule has 32 heavy (non-hydrogen) atoms. The molecule has 1 aliphatic rings. The van der Waals surface area contributed by atoms with Crippen molar-refractivity contribution in [2.24, 2.45) is 0 Å². The van der Waals surface area contributed by atoms with Crippen LogP contribution >= 0.6 is 34.8 Å². The lowest BCUT2D eigenvalue weighted by Gasteiger charge is -2.43. The normalized spacial score (nSPS) is 16.3. The average molecular weight is 490 g/mol. The number of aliphatic hydroxyl groups excluding tert-OH is 1. The van der Waals surface area contributed by atoms with Gasteiger partial charge in [-0.2, -0.15) is 0 Å². The molecule has 1 fully saturated rings. The SMILES string of the molecule is O=C(Cc1ccc(CO)cc1)N1CCN(c2ccc(Cl)cc2Cl)C(c2ccc(Cl)cc2)C1. The number of benzene rings is 3. The predicted octanol–water partition coefficient (Wildman–Crippen LogP) is 5.77. The van der Waals surface area contributed by atoms with Crippen LogP contribution in [0, 0.1) is 0 Å². The molecule has 3 aromatic carbocycles. The van der Waals surface area contributed by atoms with Crippen LogP contribution in [0.3, 0.4) is 0 Å². The van der Waals surface area contributed by atoms with Crippen LogP contribution in [0.15, 0.2) is 66.7 Å². The summed E-state index contributed by atoms with van der Waals surface area (Å²) in [6.07, 6.45) is 0.320. The van der Waals surface area contributed by atoms with Crippen molar-refractivity contribution in [3.8, 4) is 0 Å². The van der Waals surface area contributed by atoms with Crippen LogP contribution in [-0.2, 0) is 17.8 Å². The highest BCUT2D eigenvalue weighted by atomic mass is 35.5. The van der Waals surface area contributed by atoms with Gasteiger partial charge in [-0.3, -0.25) is 4.79 Å². The summed E-state index contributed by atoms with van der Waals surface area (Å²) in [4.78, 5) is 17.2. The molecule has 1 aliphatic heterocycles. The molecule has 0 radical (unpaired) electrons. The van der Waals surface area contributed by atoms with Gasteiger partial charge in [-0.05, 0) is 47.0 Å². The molecule has 1 saturated heterocycles. The summed E-state index contributed by atoms with van der Waals surface area (Å²) >= 11 is 18.7. The van der Waals surface area contributed by atoms with E-state index in [0.29, 0.717) is 41.1 Å². The van der Waals surface area contributed by atoms with Crippen LogP contribution in [0.25, 0.3) is 0 Å². The van der Waals surface area contributed by atoms with Crippen molar-refractivity contribution in [3.05, 3.63) is 98.5 Å². The molecule has 4 nitrogen and oxygen atoms in total. The van der Waals surface area contributed by atoms with Gasteiger partial charge in [0.15, 0.2) is 0 Å². The zero-order valence-corrected chi connectivity index (χ0v) is 19.6. The number of carbonyl (C=O) groups is 1. The van der Waals surface area contributed by atoms with E-state index in [1.807, 2.05) is 65.6 Å². The zero-order valence-electron chi connectivity index (χ0n) is 17.3. The van der Waals surface area contributed by atoms with Crippen LogP contribution in [0.2, 0.25) is 15.1 Å². The number of hydrogen-bond donors (Lipinski definition) is 1. The largest absolute Gasteiger partial charge is 0.392 e. The number of nitrogens with zero attached hydrogens (tertiary/aromatic N) is 2. The number of aliphatic hydroxyl groups is 1. The van der Waals surface area contributed by atoms with E-state index in [1.165, 1.54) is 0 Å². The Morgan fingerprint density at radius 3 is 2.19 bits per heavy atom. The highest BCUT2D eigenvalue weighted by molar-refractivity contribution is 6.36. The Balaban J connectivity index is 1.57. The molecule has 0 spiro atoms. The zero-order chi connectivity index (χ0) is 22.7. The minimum Gasteiger partial charge on any atom is -0.392 e. The second-order valence-electron chi connectivity index (χ2n) is 7.85. The first kappa shape index (κ1) is 22.9. The fourth-order valence-corrected chi connectivity index (χ4v) is 4.67. The summed E-state index contributed by atoms with van der Waals surface area (Å²) in [5.74, 6) is 0.0718. The third kappa shape index (κ3) is 5.21. The molecule has 4 rings (SSSR count). The van der Waals surface area contributed by atoms with Gasteiger partial charge >= 0.3 is 0 Å². The first-order valence-electron chi connectivity index (χ1n) is 10.4. The van der Waals surface area contributed by atoms with Gasteiger partial charge in [0, 0.05) is 29.7 Å². The lowest BCUT2D eigenvalue weighted by atomic mass is 10.0. The highest BCUT2D eigenvalue weighted by Crippen LogP contribution is 2.37. The molecule has 1 N–H and O–H groups in total. The van der Waals surface area contributed by atoms with Crippen molar-refractivity contribution in [1.29, 1.82) is 0 Å². The summed E-state index contributed by atoms with van der Waals surface area (Å²) < 4.78 is 0. The van der Waals surface area contributed by atoms with E-state index in [-0.39, 0.29) is 18.6 Å². The van der Waals surface area contributed by atoms with Crippen molar-refractivity contribution >= 4 is 46.4 Å². The summed E-state index contributed by atoms with van der Waals surface area (Å²) in [6.45, 7) is 1.76. The maximum absolute atomic E-state index is 13.1. The first-order valence-corrected chi connectivity index (χ1v) is 11.5. The van der Waals surface area contributed by atoms with Gasteiger partial charge in [-0.1, -0.05) is 71.2 Å². The molecule has 3 aromatic rings. The predicted molar refractivity (Wildman–Crippen MR) is 131 cm³/mol. The van der Waals surface area contributed by atoms with E-state index in [2.05, 4.69) is 4.90 Å². The number of piperazine rings is 1. The molecule has 7 heteroatoms. The number of amides is 1. The molecule has 1 heterocycles. The maximum Gasteiger partial charge on any atom is 0.227 e. The standard InChI is InChI=1S/C25H23Cl3N2O2/c26-20-7-5-19(6-8-20)24-15-29(25(32)13-17-1-3-18(16-31)4-2-17)11-12-30(24)23-10-9-21(27)14-22(23)28/h1-10,14,24,31H,11-13,15-16H2. The Hall–Kier alpha value is -2.24. The summed E-state index contributed by atoms with van der Waals surface area (Å²) in [5.41, 5.74) is 3.71. The summed E-state index contributed by atoms with van der Waals surface area (Å²) in [6, 6.07) is 20.6. The third-order valence-corrected chi connectivity index (χ3v) is 6.56. The van der Waals surface area contributed by atoms with E-state index < -0.39 is 0 Å². The fourth-order valence-electron chi connectivity index (χ4n) is 4.03. The number of carbonyl (C=O) groups excluding carboxylic acids is 1. The van der Waals surface area contributed by atoms with E-state index in [9.17, 15) is 9.90 Å². The topological polar surface area (TPSA) is 43.8 Å². The lowest BCUT2D eigenvalue weighted by molar-refractivity contribution is -0.131. The van der Waals surface area contributed by atoms with Crippen molar-refractivity contribution in [1.82, 2.24) is 4.90 Å². The van der Waals surface area contributed by atoms with Gasteiger partial charge in [0.05, 0.1) is 29.8 Å². The molecule has 1 amide bonds. The maximum atomic E-state index is 13.1. The van der Waals surface area contributed by atoms with E-state index in [4.69, 9.17) is 34.8 Å².